The summed E-state index contributed by atoms with van der Waals surface area (Å²) in [5.41, 5.74) is 1.56. The summed E-state index contributed by atoms with van der Waals surface area (Å²) < 4.78 is 0. The lowest BCUT2D eigenvalue weighted by Crippen LogP contribution is -3.14. The summed E-state index contributed by atoms with van der Waals surface area (Å²) in [7, 11) is 0. The minimum absolute atomic E-state index is 0.0719. The largest absolute Gasteiger partial charge is 0.326 e. The smallest absolute Gasteiger partial charge is 0.208 e. The molecule has 1 aliphatic carbocycles. The van der Waals surface area contributed by atoms with Gasteiger partial charge in [-0.1, -0.05) is 51.1 Å². The lowest BCUT2D eigenvalue weighted by molar-refractivity contribution is -0.906. The zero-order valence-electron chi connectivity index (χ0n) is 14.4. The Labute approximate surface area is 139 Å². The SMILES string of the molecule is CC1(C)C[C@@H]2C[C@@](C)(C[NH+]2CC(=O)[C@H](C#N)c2ccccc2)C1. The number of ketones is 1. The number of nitrogens with zero attached hydrogens (tertiary/aromatic N) is 1. The third kappa shape index (κ3) is 3.33. The van der Waals surface area contributed by atoms with Crippen LogP contribution in [0.5, 0.6) is 0 Å². The van der Waals surface area contributed by atoms with Crippen LogP contribution in [-0.2, 0) is 4.79 Å². The molecule has 2 fully saturated rings. The number of nitrogens with one attached hydrogen (secondary N) is 1. The number of hydrogen-bond acceptors (Lipinski definition) is 2. The summed E-state index contributed by atoms with van der Waals surface area (Å²) >= 11 is 0. The molecule has 0 spiro atoms. The van der Waals surface area contributed by atoms with Crippen LogP contribution in [0, 0.1) is 22.2 Å². The monoisotopic (exact) mass is 311 g/mol. The summed E-state index contributed by atoms with van der Waals surface area (Å²) in [5, 5.41) is 9.46. The maximum Gasteiger partial charge on any atom is 0.208 e. The Bertz CT molecular complexity index is 631. The first-order valence-electron chi connectivity index (χ1n) is 8.64. The molecular weight excluding hydrogens is 284 g/mol. The molecule has 1 unspecified atom stereocenters. The minimum atomic E-state index is -0.620. The van der Waals surface area contributed by atoms with E-state index in [1.54, 1.807) is 0 Å². The van der Waals surface area contributed by atoms with Crippen LogP contribution in [0.25, 0.3) is 0 Å². The number of rotatable bonds is 4. The predicted octanol–water partition coefficient (Wildman–Crippen LogP) is 2.35. The Hall–Kier alpha value is -1.66. The summed E-state index contributed by atoms with van der Waals surface area (Å²) in [6, 6.07) is 12.3. The molecule has 3 nitrogen and oxygen atoms in total. The summed E-state index contributed by atoms with van der Waals surface area (Å²) in [6.45, 7) is 8.63. The number of likely N-dealkylation sites (tertiary alicyclic amines) is 1. The van der Waals surface area contributed by atoms with Gasteiger partial charge >= 0.3 is 0 Å². The first-order valence-corrected chi connectivity index (χ1v) is 8.64. The number of carbonyl (C=O) groups is 1. The molecule has 1 aromatic rings. The van der Waals surface area contributed by atoms with E-state index < -0.39 is 5.92 Å². The van der Waals surface area contributed by atoms with E-state index in [9.17, 15) is 10.1 Å². The zero-order chi connectivity index (χ0) is 16.7. The van der Waals surface area contributed by atoms with E-state index in [0.29, 0.717) is 23.4 Å². The van der Waals surface area contributed by atoms with Gasteiger partial charge in [0.2, 0.25) is 5.78 Å². The minimum Gasteiger partial charge on any atom is -0.326 e. The van der Waals surface area contributed by atoms with E-state index >= 15 is 0 Å². The van der Waals surface area contributed by atoms with E-state index in [2.05, 4.69) is 26.8 Å². The molecule has 1 saturated carbocycles. The van der Waals surface area contributed by atoms with Crippen LogP contribution in [0.3, 0.4) is 0 Å². The summed E-state index contributed by atoms with van der Waals surface area (Å²) in [4.78, 5) is 14.1. The molecule has 0 aromatic heterocycles. The van der Waals surface area contributed by atoms with Gasteiger partial charge in [-0.3, -0.25) is 4.79 Å². The number of hydrogen-bond donors (Lipinski definition) is 1. The van der Waals surface area contributed by atoms with Gasteiger partial charge in [-0.25, -0.2) is 0 Å². The van der Waals surface area contributed by atoms with Gasteiger partial charge in [-0.2, -0.15) is 5.26 Å². The quantitative estimate of drug-likeness (QED) is 0.928. The Morgan fingerprint density at radius 3 is 2.65 bits per heavy atom. The molecule has 1 heterocycles. The molecule has 3 rings (SSSR count). The van der Waals surface area contributed by atoms with Crippen molar-refractivity contribution in [3.8, 4) is 6.07 Å². The number of nitriles is 1. The fourth-order valence-corrected chi connectivity index (χ4v) is 5.26. The normalized spacial score (nSPS) is 33.0. The van der Waals surface area contributed by atoms with Crippen LogP contribution in [0.2, 0.25) is 0 Å². The molecule has 4 atom stereocenters. The van der Waals surface area contributed by atoms with Crippen LogP contribution in [0.15, 0.2) is 30.3 Å². The van der Waals surface area contributed by atoms with Gasteiger partial charge in [0.05, 0.1) is 18.7 Å². The molecule has 1 saturated heterocycles. The number of fused-ring (bicyclic) bond motifs is 2. The van der Waals surface area contributed by atoms with Crippen molar-refractivity contribution in [3.63, 3.8) is 0 Å². The van der Waals surface area contributed by atoms with Gasteiger partial charge in [0, 0.05) is 18.3 Å². The second-order valence-corrected chi connectivity index (χ2v) is 8.71. The number of benzene rings is 1. The van der Waals surface area contributed by atoms with E-state index in [1.165, 1.54) is 24.2 Å². The Morgan fingerprint density at radius 1 is 1.30 bits per heavy atom. The Morgan fingerprint density at radius 2 is 2.00 bits per heavy atom. The maximum atomic E-state index is 12.7. The van der Waals surface area contributed by atoms with E-state index in [1.807, 2.05) is 30.3 Å². The molecule has 1 aromatic carbocycles. The number of quaternary nitrogens is 1. The fourth-order valence-electron chi connectivity index (χ4n) is 5.26. The van der Waals surface area contributed by atoms with Gasteiger partial charge in [0.1, 0.15) is 12.5 Å². The molecule has 2 aliphatic rings. The highest BCUT2D eigenvalue weighted by Gasteiger charge is 2.53. The van der Waals surface area contributed by atoms with Gasteiger partial charge < -0.3 is 4.90 Å². The van der Waals surface area contributed by atoms with Gasteiger partial charge in [-0.15, -0.1) is 0 Å². The van der Waals surface area contributed by atoms with Crippen molar-refractivity contribution >= 4 is 5.78 Å². The molecule has 122 valence electrons. The Balaban J connectivity index is 1.73. The topological polar surface area (TPSA) is 45.3 Å². The first kappa shape index (κ1) is 16.2. The standard InChI is InChI=1S/C20H26N2O/c1-19(2)9-16-10-20(3,13-19)14-22(16)12-18(23)17(11-21)15-7-5-4-6-8-15/h4-8,16-17H,9-10,12-14H2,1-3H3/p+1/t16-,17-,20-/m1/s1. The second-order valence-electron chi connectivity index (χ2n) is 8.71. The van der Waals surface area contributed by atoms with Crippen molar-refractivity contribution in [1.29, 1.82) is 5.26 Å². The molecule has 3 heteroatoms. The van der Waals surface area contributed by atoms with E-state index in [4.69, 9.17) is 0 Å². The van der Waals surface area contributed by atoms with Crippen molar-refractivity contribution in [1.82, 2.24) is 0 Å². The second kappa shape index (κ2) is 5.76. The molecular formula is C20H27N2O+. The predicted molar refractivity (Wildman–Crippen MR) is 90.0 cm³/mol. The molecule has 1 aliphatic heterocycles. The highest BCUT2D eigenvalue weighted by Crippen LogP contribution is 2.47. The van der Waals surface area contributed by atoms with Crippen molar-refractivity contribution in [2.75, 3.05) is 13.1 Å². The zero-order valence-corrected chi connectivity index (χ0v) is 14.4. The Kier molecular flexibility index (Phi) is 4.06. The fraction of sp³-hybridized carbons (Fsp3) is 0.600. The van der Waals surface area contributed by atoms with Crippen LogP contribution in [-0.4, -0.2) is 24.9 Å². The first-order chi connectivity index (χ1) is 10.8. The maximum absolute atomic E-state index is 12.7. The van der Waals surface area contributed by atoms with Gasteiger partial charge in [0.25, 0.3) is 0 Å². The van der Waals surface area contributed by atoms with Crippen molar-refractivity contribution in [2.24, 2.45) is 10.8 Å². The summed E-state index contributed by atoms with van der Waals surface area (Å²) in [5.74, 6) is -0.548. The van der Waals surface area contributed by atoms with Crippen LogP contribution >= 0.6 is 0 Å². The third-order valence-corrected chi connectivity index (χ3v) is 5.66. The van der Waals surface area contributed by atoms with Crippen molar-refractivity contribution < 1.29 is 9.69 Å². The average molecular weight is 311 g/mol. The van der Waals surface area contributed by atoms with Crippen molar-refractivity contribution in [3.05, 3.63) is 35.9 Å². The highest BCUT2D eigenvalue weighted by molar-refractivity contribution is 5.89. The molecule has 0 radical (unpaired) electrons. The molecule has 2 bridgehead atoms. The molecule has 23 heavy (non-hydrogen) atoms. The molecule has 1 N–H and O–H groups in total. The van der Waals surface area contributed by atoms with Crippen LogP contribution in [0.4, 0.5) is 0 Å². The molecule has 0 amide bonds. The van der Waals surface area contributed by atoms with E-state index in [0.717, 1.165) is 12.1 Å². The number of carbonyl (C=O) groups excluding carboxylic acids is 1. The average Bonchev–Trinajstić information content (AvgIpc) is 2.69. The number of Topliss-reactive ketones (excluding diaryl/α,β-unsaturated/α-hetero) is 1. The highest BCUT2D eigenvalue weighted by atomic mass is 16.1. The third-order valence-electron chi connectivity index (χ3n) is 5.66. The van der Waals surface area contributed by atoms with E-state index in [-0.39, 0.29) is 5.78 Å². The van der Waals surface area contributed by atoms with Gasteiger partial charge in [-0.05, 0) is 17.4 Å². The van der Waals surface area contributed by atoms with Crippen LogP contribution < -0.4 is 4.90 Å². The van der Waals surface area contributed by atoms with Crippen LogP contribution in [0.1, 0.15) is 51.5 Å². The lowest BCUT2D eigenvalue weighted by Gasteiger charge is -2.37. The van der Waals surface area contributed by atoms with Crippen molar-refractivity contribution in [2.45, 2.75) is 52.0 Å². The lowest BCUT2D eigenvalue weighted by atomic mass is 9.65. The van der Waals surface area contributed by atoms with Gasteiger partial charge in [0.15, 0.2) is 0 Å². The summed E-state index contributed by atoms with van der Waals surface area (Å²) in [6.07, 6.45) is 3.66.